The van der Waals surface area contributed by atoms with E-state index in [1.807, 2.05) is 17.0 Å². The monoisotopic (exact) mass is 632 g/mol. The molecule has 0 bridgehead atoms. The first kappa shape index (κ1) is 31.6. The average Bonchev–Trinajstić information content (AvgIpc) is 3.40. The molecule has 3 aromatic carbocycles. The normalized spacial score (nSPS) is 21.8. The standard InChI is InChI=1S/C36H44N2O6S/c1-45(42,43)34-20-32(14-15-33(34)40)44-24-31(39)23-37-30-12-10-26(11-13-30)25-6-8-27(9-7-25)35(41)38-18-16-36(17-19-38)21-28-4-2-3-5-29(28)22-36/h2-9,14-15,20,26,30-31,37,39-40H,10-13,16-19,21-24H2,1H3. The zero-order valence-corrected chi connectivity index (χ0v) is 26.8. The van der Waals surface area contributed by atoms with Gasteiger partial charge >= 0.3 is 0 Å². The van der Waals surface area contributed by atoms with Crippen LogP contribution in [0.1, 0.15) is 71.5 Å². The summed E-state index contributed by atoms with van der Waals surface area (Å²) in [7, 11) is -3.59. The fourth-order valence-corrected chi connectivity index (χ4v) is 8.24. The number of sulfone groups is 1. The first-order valence-electron chi connectivity index (χ1n) is 16.1. The van der Waals surface area contributed by atoms with Crippen LogP contribution in [0.2, 0.25) is 0 Å². The minimum atomic E-state index is -3.59. The predicted octanol–water partition coefficient (Wildman–Crippen LogP) is 4.87. The average molecular weight is 633 g/mol. The lowest BCUT2D eigenvalue weighted by Crippen LogP contribution is -2.43. The molecule has 1 amide bonds. The molecule has 1 saturated carbocycles. The number of phenolic OH excluding ortho intramolecular Hbond substituents is 1. The van der Waals surface area contributed by atoms with Crippen molar-refractivity contribution in [2.45, 2.75) is 74.3 Å². The van der Waals surface area contributed by atoms with Gasteiger partial charge in [-0.25, -0.2) is 8.42 Å². The largest absolute Gasteiger partial charge is 0.507 e. The summed E-state index contributed by atoms with van der Waals surface area (Å²) in [5.41, 5.74) is 5.35. The fraction of sp³-hybridized carbons (Fsp3) is 0.472. The SMILES string of the molecule is CS(=O)(=O)c1cc(OCC(O)CNC2CCC(c3ccc(C(=O)N4CCC5(CC4)Cc4ccccc4C5)cc3)CC2)ccc1O. The van der Waals surface area contributed by atoms with Crippen LogP contribution in [0.3, 0.4) is 0 Å². The number of carbonyl (C=O) groups excluding carboxylic acids is 1. The molecule has 1 unspecified atom stereocenters. The van der Waals surface area contributed by atoms with Crippen LogP contribution in [0.5, 0.6) is 11.5 Å². The van der Waals surface area contributed by atoms with E-state index in [2.05, 4.69) is 41.7 Å². The number of phenols is 1. The van der Waals surface area contributed by atoms with Crippen molar-refractivity contribution in [3.63, 3.8) is 0 Å². The van der Waals surface area contributed by atoms with Gasteiger partial charge in [-0.15, -0.1) is 0 Å². The fourth-order valence-electron chi connectivity index (χ4n) is 7.46. The minimum absolute atomic E-state index is 0.00789. The Hall–Kier alpha value is -3.40. The number of nitrogens with one attached hydrogen (secondary N) is 1. The van der Waals surface area contributed by atoms with Crippen LogP contribution in [-0.4, -0.2) is 74.1 Å². The van der Waals surface area contributed by atoms with E-state index in [0.29, 0.717) is 23.9 Å². The third-order valence-corrected chi connectivity index (χ3v) is 11.3. The van der Waals surface area contributed by atoms with E-state index in [9.17, 15) is 23.4 Å². The summed E-state index contributed by atoms with van der Waals surface area (Å²) in [6, 6.07) is 21.4. The highest BCUT2D eigenvalue weighted by Gasteiger charge is 2.40. The van der Waals surface area contributed by atoms with Gasteiger partial charge in [0.1, 0.15) is 29.1 Å². The number of hydrogen-bond acceptors (Lipinski definition) is 7. The molecule has 3 N–H and O–H groups in total. The number of likely N-dealkylation sites (tertiary alicyclic amines) is 1. The van der Waals surface area contributed by atoms with Crippen molar-refractivity contribution < 1.29 is 28.2 Å². The molecule has 3 aromatic rings. The molecule has 3 aliphatic rings. The molecule has 1 heterocycles. The van der Waals surface area contributed by atoms with Gasteiger partial charge in [-0.2, -0.15) is 0 Å². The smallest absolute Gasteiger partial charge is 0.253 e. The predicted molar refractivity (Wildman–Crippen MR) is 174 cm³/mol. The molecule has 6 rings (SSSR count). The van der Waals surface area contributed by atoms with E-state index in [1.165, 1.54) is 34.9 Å². The number of benzene rings is 3. The van der Waals surface area contributed by atoms with Crippen molar-refractivity contribution >= 4 is 15.7 Å². The van der Waals surface area contributed by atoms with Crippen LogP contribution >= 0.6 is 0 Å². The highest BCUT2D eigenvalue weighted by atomic mass is 32.2. The molecular weight excluding hydrogens is 588 g/mol. The summed E-state index contributed by atoms with van der Waals surface area (Å²) in [6.45, 7) is 2.03. The number of aliphatic hydroxyl groups is 1. The van der Waals surface area contributed by atoms with Crippen LogP contribution in [-0.2, 0) is 22.7 Å². The number of aromatic hydroxyl groups is 1. The number of rotatable bonds is 9. The Morgan fingerprint density at radius 1 is 0.978 bits per heavy atom. The summed E-state index contributed by atoms with van der Waals surface area (Å²) in [4.78, 5) is 15.2. The maximum Gasteiger partial charge on any atom is 0.253 e. The Morgan fingerprint density at radius 2 is 1.62 bits per heavy atom. The Labute approximate surface area is 266 Å². The lowest BCUT2D eigenvalue weighted by molar-refractivity contribution is 0.0593. The number of ether oxygens (including phenoxy) is 1. The van der Waals surface area contributed by atoms with E-state index in [-0.39, 0.29) is 28.9 Å². The van der Waals surface area contributed by atoms with Crippen molar-refractivity contribution in [2.75, 3.05) is 32.5 Å². The van der Waals surface area contributed by atoms with Crippen LogP contribution < -0.4 is 10.1 Å². The third-order valence-electron chi connectivity index (χ3n) is 10.1. The summed E-state index contributed by atoms with van der Waals surface area (Å²) in [5.74, 6) is 0.551. The molecule has 1 spiro atoms. The molecule has 9 heteroatoms. The Morgan fingerprint density at radius 3 is 2.24 bits per heavy atom. The summed E-state index contributed by atoms with van der Waals surface area (Å²) in [5, 5.41) is 23.7. The van der Waals surface area contributed by atoms with Crippen LogP contribution in [0.25, 0.3) is 0 Å². The van der Waals surface area contributed by atoms with Crippen molar-refractivity contribution in [1.29, 1.82) is 0 Å². The van der Waals surface area contributed by atoms with Gasteiger partial charge in [-0.05, 0) is 104 Å². The van der Waals surface area contributed by atoms with E-state index in [1.54, 1.807) is 0 Å². The first-order chi connectivity index (χ1) is 21.6. The topological polar surface area (TPSA) is 116 Å². The number of hydrogen-bond donors (Lipinski definition) is 3. The van der Waals surface area contributed by atoms with Gasteiger partial charge in [0.25, 0.3) is 5.91 Å². The summed E-state index contributed by atoms with van der Waals surface area (Å²) < 4.78 is 29.2. The zero-order valence-electron chi connectivity index (χ0n) is 26.0. The molecule has 45 heavy (non-hydrogen) atoms. The maximum atomic E-state index is 13.3. The van der Waals surface area contributed by atoms with Gasteiger partial charge < -0.3 is 25.2 Å². The van der Waals surface area contributed by atoms with E-state index in [0.717, 1.165) is 76.3 Å². The second-order valence-electron chi connectivity index (χ2n) is 13.4. The molecule has 2 fully saturated rings. The molecule has 1 aliphatic heterocycles. The molecule has 240 valence electrons. The second-order valence-corrected chi connectivity index (χ2v) is 15.3. The molecule has 0 aromatic heterocycles. The van der Waals surface area contributed by atoms with Crippen LogP contribution in [0.4, 0.5) is 0 Å². The number of piperidine rings is 1. The number of amides is 1. The molecule has 1 atom stereocenters. The van der Waals surface area contributed by atoms with Gasteiger partial charge in [0.15, 0.2) is 9.84 Å². The molecule has 0 radical (unpaired) electrons. The van der Waals surface area contributed by atoms with E-state index < -0.39 is 15.9 Å². The van der Waals surface area contributed by atoms with Gasteiger partial charge in [-0.3, -0.25) is 4.79 Å². The van der Waals surface area contributed by atoms with Gasteiger partial charge in [0.2, 0.25) is 0 Å². The second kappa shape index (κ2) is 13.1. The van der Waals surface area contributed by atoms with Gasteiger partial charge in [-0.1, -0.05) is 36.4 Å². The van der Waals surface area contributed by atoms with Crippen LogP contribution in [0.15, 0.2) is 71.6 Å². The molecular formula is C36H44N2O6S. The Kier molecular flexibility index (Phi) is 9.22. The van der Waals surface area contributed by atoms with Gasteiger partial charge in [0.05, 0.1) is 0 Å². The summed E-state index contributed by atoms with van der Waals surface area (Å²) in [6.07, 6.45) is 8.74. The number of aliphatic hydroxyl groups excluding tert-OH is 1. The molecule has 1 saturated heterocycles. The van der Waals surface area contributed by atoms with Crippen molar-refractivity contribution in [1.82, 2.24) is 10.2 Å². The number of nitrogens with zero attached hydrogens (tertiary/aromatic N) is 1. The molecule has 2 aliphatic carbocycles. The summed E-state index contributed by atoms with van der Waals surface area (Å²) >= 11 is 0. The van der Waals surface area contributed by atoms with Gasteiger partial charge in [0, 0.05) is 43.6 Å². The number of carbonyl (C=O) groups is 1. The zero-order chi connectivity index (χ0) is 31.6. The minimum Gasteiger partial charge on any atom is -0.507 e. The van der Waals surface area contributed by atoms with E-state index in [4.69, 9.17) is 4.74 Å². The quantitative estimate of drug-likeness (QED) is 0.308. The van der Waals surface area contributed by atoms with Crippen molar-refractivity contribution in [2.24, 2.45) is 5.41 Å². The van der Waals surface area contributed by atoms with Crippen LogP contribution in [0, 0.1) is 5.41 Å². The maximum absolute atomic E-state index is 13.3. The lowest BCUT2D eigenvalue weighted by Gasteiger charge is -2.39. The Balaban J connectivity index is 0.919. The highest BCUT2D eigenvalue weighted by Crippen LogP contribution is 2.44. The Bertz CT molecular complexity index is 1580. The first-order valence-corrected chi connectivity index (χ1v) is 18.0. The third kappa shape index (κ3) is 7.37. The highest BCUT2D eigenvalue weighted by molar-refractivity contribution is 7.90. The van der Waals surface area contributed by atoms with Crippen molar-refractivity contribution in [3.05, 3.63) is 89.0 Å². The number of fused-ring (bicyclic) bond motifs is 1. The molecule has 8 nitrogen and oxygen atoms in total. The lowest BCUT2D eigenvalue weighted by atomic mass is 9.76. The van der Waals surface area contributed by atoms with Crippen molar-refractivity contribution in [3.8, 4) is 11.5 Å². The van der Waals surface area contributed by atoms with E-state index >= 15 is 0 Å².